The maximum Gasteiger partial charge on any atom is 0.276 e. The number of benzene rings is 2. The lowest BCUT2D eigenvalue weighted by Crippen LogP contribution is -2.50. The largest absolute Gasteiger partial charge is 0.457 e. The molecule has 0 saturated heterocycles. The molecule has 0 aliphatic carbocycles. The molecule has 8 heteroatoms. The Hall–Kier alpha value is -3.03. The third-order valence-electron chi connectivity index (χ3n) is 4.72. The van der Waals surface area contributed by atoms with Crippen LogP contribution < -0.4 is 15.9 Å². The highest BCUT2D eigenvalue weighted by atomic mass is 35.5. The fraction of sp³-hybridized carbons (Fsp3) is 0.0952. The average Bonchev–Trinajstić information content (AvgIpc) is 3.23. The van der Waals surface area contributed by atoms with E-state index in [4.69, 9.17) is 21.0 Å². The Kier molecular flexibility index (Phi) is 4.41. The molecule has 0 spiro atoms. The summed E-state index contributed by atoms with van der Waals surface area (Å²) in [5.74, 6) is 1.09. The SMILES string of the molecule is CSC1=NN2C(=c3ccccc3=N[C@@H]2c2ccc(-c3ccc(Cl)cc3)o2)C(=O)N1. The van der Waals surface area contributed by atoms with Gasteiger partial charge in [0.25, 0.3) is 5.91 Å². The van der Waals surface area contributed by atoms with Crippen LogP contribution in [-0.2, 0) is 4.79 Å². The van der Waals surface area contributed by atoms with Crippen LogP contribution in [0.25, 0.3) is 17.0 Å². The number of nitrogens with one attached hydrogen (secondary N) is 1. The molecule has 1 aromatic heterocycles. The second-order valence-corrected chi connectivity index (χ2v) is 7.72. The van der Waals surface area contributed by atoms with E-state index in [1.807, 2.05) is 66.9 Å². The summed E-state index contributed by atoms with van der Waals surface area (Å²) < 4.78 is 6.12. The molecular formula is C21H15ClN4O2S. The molecule has 2 aliphatic heterocycles. The molecule has 6 nitrogen and oxygen atoms in total. The molecule has 144 valence electrons. The molecule has 0 fully saturated rings. The van der Waals surface area contributed by atoms with E-state index in [1.165, 1.54) is 11.8 Å². The van der Waals surface area contributed by atoms with Gasteiger partial charge in [-0.05, 0) is 48.7 Å². The van der Waals surface area contributed by atoms with Crippen molar-refractivity contribution in [3.05, 3.63) is 82.0 Å². The molecule has 0 radical (unpaired) electrons. The number of furan rings is 1. The molecule has 29 heavy (non-hydrogen) atoms. The second kappa shape index (κ2) is 7.09. The lowest BCUT2D eigenvalue weighted by atomic mass is 10.1. The lowest BCUT2D eigenvalue weighted by Gasteiger charge is -2.32. The van der Waals surface area contributed by atoms with Gasteiger partial charge in [0, 0.05) is 15.8 Å². The summed E-state index contributed by atoms with van der Waals surface area (Å²) in [5.41, 5.74) is 1.37. The Morgan fingerprint density at radius 2 is 1.90 bits per heavy atom. The van der Waals surface area contributed by atoms with Crippen LogP contribution in [0.1, 0.15) is 11.9 Å². The summed E-state index contributed by atoms with van der Waals surface area (Å²) in [6.45, 7) is 0. The van der Waals surface area contributed by atoms with Gasteiger partial charge in [-0.1, -0.05) is 41.6 Å². The van der Waals surface area contributed by atoms with Crippen molar-refractivity contribution in [3.63, 3.8) is 0 Å². The van der Waals surface area contributed by atoms with Crippen LogP contribution in [0.3, 0.4) is 0 Å². The molecule has 0 saturated carbocycles. The van der Waals surface area contributed by atoms with Crippen molar-refractivity contribution in [1.82, 2.24) is 10.3 Å². The van der Waals surface area contributed by atoms with E-state index < -0.39 is 6.17 Å². The molecule has 5 rings (SSSR count). The Morgan fingerprint density at radius 1 is 1.10 bits per heavy atom. The van der Waals surface area contributed by atoms with E-state index >= 15 is 0 Å². The van der Waals surface area contributed by atoms with Crippen LogP contribution in [0, 0.1) is 0 Å². The fourth-order valence-electron chi connectivity index (χ4n) is 3.37. The van der Waals surface area contributed by atoms with Crippen molar-refractivity contribution in [2.24, 2.45) is 10.1 Å². The zero-order valence-electron chi connectivity index (χ0n) is 15.3. The van der Waals surface area contributed by atoms with Gasteiger partial charge >= 0.3 is 0 Å². The maximum atomic E-state index is 12.8. The number of carbonyl (C=O) groups excluding carboxylic acids is 1. The van der Waals surface area contributed by atoms with Crippen molar-refractivity contribution >= 4 is 40.1 Å². The van der Waals surface area contributed by atoms with Crippen molar-refractivity contribution in [2.75, 3.05) is 6.26 Å². The van der Waals surface area contributed by atoms with E-state index in [-0.39, 0.29) is 5.91 Å². The highest BCUT2D eigenvalue weighted by Gasteiger charge is 2.35. The lowest BCUT2D eigenvalue weighted by molar-refractivity contribution is -0.116. The quantitative estimate of drug-likeness (QED) is 0.689. The van der Waals surface area contributed by atoms with Crippen molar-refractivity contribution in [2.45, 2.75) is 6.17 Å². The van der Waals surface area contributed by atoms with Crippen LogP contribution >= 0.6 is 23.4 Å². The molecule has 3 aromatic rings. The standard InChI is InChI=1S/C21H15ClN4O2S/c1-29-21-24-20(27)18-14-4-2-3-5-15(14)23-19(26(18)25-21)17-11-10-16(28-17)12-6-8-13(22)9-7-12/h2-11,19H,1H3,(H,24,25,27)/t19-/m0/s1. The van der Waals surface area contributed by atoms with E-state index in [0.29, 0.717) is 27.4 Å². The van der Waals surface area contributed by atoms with Gasteiger partial charge in [0.1, 0.15) is 11.5 Å². The molecule has 0 bridgehead atoms. The van der Waals surface area contributed by atoms with Gasteiger partial charge in [-0.3, -0.25) is 10.1 Å². The number of fused-ring (bicyclic) bond motifs is 2. The van der Waals surface area contributed by atoms with E-state index in [1.54, 1.807) is 5.01 Å². The molecule has 2 aromatic carbocycles. The molecule has 1 atom stereocenters. The zero-order chi connectivity index (χ0) is 20.0. The summed E-state index contributed by atoms with van der Waals surface area (Å²) in [6.07, 6.45) is 1.29. The number of amides is 1. The zero-order valence-corrected chi connectivity index (χ0v) is 16.9. The highest BCUT2D eigenvalue weighted by Crippen LogP contribution is 2.34. The number of para-hydroxylation sites is 1. The van der Waals surface area contributed by atoms with E-state index in [0.717, 1.165) is 16.1 Å². The normalized spacial score (nSPS) is 17.8. The van der Waals surface area contributed by atoms with Crippen LogP contribution in [0.4, 0.5) is 0 Å². The first-order valence-corrected chi connectivity index (χ1v) is 10.5. The smallest absolute Gasteiger partial charge is 0.276 e. The molecule has 1 N–H and O–H groups in total. The summed E-state index contributed by atoms with van der Waals surface area (Å²) >= 11 is 7.35. The highest BCUT2D eigenvalue weighted by molar-refractivity contribution is 8.13. The summed E-state index contributed by atoms with van der Waals surface area (Å²) in [7, 11) is 0. The first-order chi connectivity index (χ1) is 14.1. The number of amidine groups is 1. The number of hydrazone groups is 1. The number of rotatable bonds is 2. The molecule has 0 unspecified atom stereocenters. The minimum absolute atomic E-state index is 0.207. The molecule has 1 amide bonds. The summed E-state index contributed by atoms with van der Waals surface area (Å²) in [6, 6.07) is 18.7. The van der Waals surface area contributed by atoms with Gasteiger partial charge in [-0.15, -0.1) is 5.10 Å². The predicted molar refractivity (Wildman–Crippen MR) is 113 cm³/mol. The van der Waals surface area contributed by atoms with Crippen LogP contribution in [-0.4, -0.2) is 22.3 Å². The number of halogens is 1. The third kappa shape index (κ3) is 3.12. The van der Waals surface area contributed by atoms with Gasteiger partial charge in [-0.2, -0.15) is 0 Å². The van der Waals surface area contributed by atoms with Gasteiger partial charge in [0.05, 0.1) is 5.36 Å². The Labute approximate surface area is 175 Å². The number of hydrogen-bond donors (Lipinski definition) is 1. The van der Waals surface area contributed by atoms with Gasteiger partial charge < -0.3 is 4.42 Å². The number of carbonyl (C=O) groups is 1. The third-order valence-corrected chi connectivity index (χ3v) is 5.54. The monoisotopic (exact) mass is 422 g/mol. The Balaban J connectivity index is 1.65. The topological polar surface area (TPSA) is 70.2 Å². The number of nitrogens with zero attached hydrogens (tertiary/aromatic N) is 3. The first kappa shape index (κ1) is 18.0. The molecule has 3 heterocycles. The van der Waals surface area contributed by atoms with Crippen molar-refractivity contribution in [1.29, 1.82) is 0 Å². The van der Waals surface area contributed by atoms with Crippen molar-refractivity contribution in [3.8, 4) is 11.3 Å². The van der Waals surface area contributed by atoms with Crippen molar-refractivity contribution < 1.29 is 9.21 Å². The first-order valence-electron chi connectivity index (χ1n) is 8.90. The Morgan fingerprint density at radius 3 is 2.69 bits per heavy atom. The van der Waals surface area contributed by atoms with Crippen LogP contribution in [0.15, 0.2) is 75.2 Å². The van der Waals surface area contributed by atoms with E-state index in [9.17, 15) is 4.79 Å². The predicted octanol–water partition coefficient (Wildman–Crippen LogP) is 3.11. The second-order valence-electron chi connectivity index (χ2n) is 6.49. The van der Waals surface area contributed by atoms with Gasteiger partial charge in [0.2, 0.25) is 6.17 Å². The summed E-state index contributed by atoms with van der Waals surface area (Å²) in [5, 5.41) is 11.7. The van der Waals surface area contributed by atoms with E-state index in [2.05, 4.69) is 10.4 Å². The minimum atomic E-state index is -0.575. The van der Waals surface area contributed by atoms with Crippen LogP contribution in [0.5, 0.6) is 0 Å². The minimum Gasteiger partial charge on any atom is -0.457 e. The van der Waals surface area contributed by atoms with Gasteiger partial charge in [0.15, 0.2) is 10.9 Å². The fourth-order valence-corrected chi connectivity index (χ4v) is 3.86. The number of hydrogen-bond acceptors (Lipinski definition) is 6. The molecular weight excluding hydrogens is 408 g/mol. The van der Waals surface area contributed by atoms with Gasteiger partial charge in [-0.25, -0.2) is 10.0 Å². The molecule has 2 aliphatic rings. The average molecular weight is 423 g/mol. The Bertz CT molecular complexity index is 1270. The van der Waals surface area contributed by atoms with Crippen LogP contribution in [0.2, 0.25) is 5.02 Å². The summed E-state index contributed by atoms with van der Waals surface area (Å²) in [4.78, 5) is 17.6. The maximum absolute atomic E-state index is 12.8. The number of thioether (sulfide) groups is 1.